The molecule has 98 valence electrons. The van der Waals surface area contributed by atoms with Crippen LogP contribution < -0.4 is 5.32 Å². The second-order valence-corrected chi connectivity index (χ2v) is 6.21. The second-order valence-electron chi connectivity index (χ2n) is 3.95. The van der Waals surface area contributed by atoms with Gasteiger partial charge in [0.05, 0.1) is 10.5 Å². The third-order valence-corrected chi connectivity index (χ3v) is 5.38. The highest BCUT2D eigenvalue weighted by Gasteiger charge is 2.37. The highest BCUT2D eigenvalue weighted by molar-refractivity contribution is 8.16. The first-order valence-electron chi connectivity index (χ1n) is 5.60. The molecule has 1 aliphatic rings. The quantitative estimate of drug-likeness (QED) is 0.609. The molecule has 1 N–H and O–H groups in total. The normalized spacial score (nSPS) is 22.1. The van der Waals surface area contributed by atoms with Crippen molar-refractivity contribution in [3.05, 3.63) is 0 Å². The average Bonchev–Trinajstić information content (AvgIpc) is 2.29. The van der Waals surface area contributed by atoms with Gasteiger partial charge in [-0.1, -0.05) is 0 Å². The van der Waals surface area contributed by atoms with E-state index in [0.29, 0.717) is 0 Å². The minimum Gasteiger partial charge on any atom is -0.460 e. The van der Waals surface area contributed by atoms with Crippen molar-refractivity contribution < 1.29 is 14.3 Å². The largest absolute Gasteiger partial charge is 0.460 e. The molecule has 0 spiro atoms. The van der Waals surface area contributed by atoms with E-state index in [1.165, 1.54) is 6.92 Å². The molecule has 2 unspecified atom stereocenters. The van der Waals surface area contributed by atoms with E-state index >= 15 is 0 Å². The van der Waals surface area contributed by atoms with Gasteiger partial charge >= 0.3 is 5.97 Å². The lowest BCUT2D eigenvalue weighted by molar-refractivity contribution is -0.151. The van der Waals surface area contributed by atoms with E-state index in [4.69, 9.17) is 4.74 Å². The van der Waals surface area contributed by atoms with Gasteiger partial charge in [0.15, 0.2) is 0 Å². The Balaban J connectivity index is 2.79. The molecule has 0 aromatic rings. The number of carbonyl (C=O) groups is 2. The number of carbonyl (C=O) groups excluding carboxylic acids is 2. The molecule has 17 heavy (non-hydrogen) atoms. The van der Waals surface area contributed by atoms with E-state index in [1.54, 1.807) is 23.5 Å². The molecule has 1 rings (SSSR count). The minimum atomic E-state index is -0.335. The van der Waals surface area contributed by atoms with Crippen molar-refractivity contribution in [1.29, 1.82) is 0 Å². The Hall–Kier alpha value is -0.360. The Labute approximate surface area is 111 Å². The number of piperidine rings is 1. The van der Waals surface area contributed by atoms with Gasteiger partial charge < -0.3 is 10.1 Å². The summed E-state index contributed by atoms with van der Waals surface area (Å²) in [6.45, 7) is 2.12. The van der Waals surface area contributed by atoms with Crippen LogP contribution >= 0.6 is 23.5 Å². The predicted molar refractivity (Wildman–Crippen MR) is 72.1 cm³/mol. The van der Waals surface area contributed by atoms with Crippen molar-refractivity contribution in [2.75, 3.05) is 19.1 Å². The summed E-state index contributed by atoms with van der Waals surface area (Å²) in [6, 6.07) is 0. The average molecular weight is 277 g/mol. The zero-order chi connectivity index (χ0) is 12.8. The molecule has 0 radical (unpaired) electrons. The van der Waals surface area contributed by atoms with E-state index in [-0.39, 0.29) is 28.5 Å². The van der Waals surface area contributed by atoms with E-state index in [1.807, 2.05) is 12.5 Å². The molecule has 1 aliphatic heterocycles. The topological polar surface area (TPSA) is 55.4 Å². The number of hydrogen-bond acceptors (Lipinski definition) is 5. The number of ether oxygens (including phenoxy) is 1. The highest BCUT2D eigenvalue weighted by atomic mass is 32.2. The molecule has 6 heteroatoms. The standard InChI is InChI=1S/C11H19NO3S2/c1-7(13)15-9(11(16-2)17-3)8-5-4-6-12-10(8)14/h8-9,11H,4-6H2,1-3H3,(H,12,14). The summed E-state index contributed by atoms with van der Waals surface area (Å²) in [4.78, 5) is 23.0. The van der Waals surface area contributed by atoms with Gasteiger partial charge in [-0.2, -0.15) is 0 Å². The van der Waals surface area contributed by atoms with E-state index < -0.39 is 0 Å². The zero-order valence-corrected chi connectivity index (χ0v) is 12.0. The van der Waals surface area contributed by atoms with Crippen LogP contribution in [0.5, 0.6) is 0 Å². The lowest BCUT2D eigenvalue weighted by Crippen LogP contribution is -2.46. The maximum absolute atomic E-state index is 11.8. The Morgan fingerprint density at radius 2 is 2.12 bits per heavy atom. The molecular weight excluding hydrogens is 258 g/mol. The fraction of sp³-hybridized carbons (Fsp3) is 0.818. The first-order chi connectivity index (χ1) is 8.10. The number of esters is 1. The Kier molecular flexibility index (Phi) is 6.19. The SMILES string of the molecule is CSC(SC)C(OC(C)=O)C1CCCNC1=O. The van der Waals surface area contributed by atoms with Crippen LogP contribution in [0.4, 0.5) is 0 Å². The molecule has 4 nitrogen and oxygen atoms in total. The molecule has 1 saturated heterocycles. The van der Waals surface area contributed by atoms with Crippen molar-refractivity contribution in [3.8, 4) is 0 Å². The number of amides is 1. The van der Waals surface area contributed by atoms with Crippen molar-refractivity contribution in [3.63, 3.8) is 0 Å². The molecule has 2 atom stereocenters. The summed E-state index contributed by atoms with van der Waals surface area (Å²) >= 11 is 3.24. The molecule has 0 bridgehead atoms. The molecule has 0 aliphatic carbocycles. The van der Waals surface area contributed by atoms with Gasteiger partial charge in [-0.15, -0.1) is 23.5 Å². The van der Waals surface area contributed by atoms with E-state index in [0.717, 1.165) is 19.4 Å². The van der Waals surface area contributed by atoms with Crippen LogP contribution in [0, 0.1) is 5.92 Å². The summed E-state index contributed by atoms with van der Waals surface area (Å²) in [5.74, 6) is -0.519. The van der Waals surface area contributed by atoms with E-state index in [9.17, 15) is 9.59 Å². The van der Waals surface area contributed by atoms with Gasteiger partial charge in [0.25, 0.3) is 0 Å². The second kappa shape index (κ2) is 7.16. The molecule has 1 heterocycles. The third-order valence-electron chi connectivity index (χ3n) is 2.76. The van der Waals surface area contributed by atoms with Crippen LogP contribution in [0.15, 0.2) is 0 Å². The number of rotatable bonds is 5. The Bertz CT molecular complexity index is 282. The van der Waals surface area contributed by atoms with Crippen LogP contribution in [-0.2, 0) is 14.3 Å². The fourth-order valence-corrected chi connectivity index (χ4v) is 3.79. The van der Waals surface area contributed by atoms with Crippen LogP contribution in [-0.4, -0.2) is 41.6 Å². The molecule has 1 amide bonds. The third kappa shape index (κ3) is 4.10. The number of hydrogen-bond donors (Lipinski definition) is 1. The lowest BCUT2D eigenvalue weighted by Gasteiger charge is -2.32. The van der Waals surface area contributed by atoms with Crippen LogP contribution in [0.3, 0.4) is 0 Å². The smallest absolute Gasteiger partial charge is 0.302 e. The minimum absolute atomic E-state index is 0.00981. The monoisotopic (exact) mass is 277 g/mol. The van der Waals surface area contributed by atoms with Crippen molar-refractivity contribution in [1.82, 2.24) is 5.32 Å². The molecule has 0 aromatic carbocycles. The predicted octanol–water partition coefficient (Wildman–Crippen LogP) is 1.50. The summed E-state index contributed by atoms with van der Waals surface area (Å²) < 4.78 is 5.47. The Morgan fingerprint density at radius 3 is 2.59 bits per heavy atom. The van der Waals surface area contributed by atoms with Crippen molar-refractivity contribution in [2.24, 2.45) is 5.92 Å². The molecular formula is C11H19NO3S2. The summed E-state index contributed by atoms with van der Waals surface area (Å²) in [6.07, 6.45) is 5.35. The zero-order valence-electron chi connectivity index (χ0n) is 10.4. The van der Waals surface area contributed by atoms with Gasteiger partial charge in [-0.3, -0.25) is 9.59 Å². The Morgan fingerprint density at radius 1 is 1.47 bits per heavy atom. The molecule has 0 saturated carbocycles. The number of nitrogens with one attached hydrogen (secondary N) is 1. The van der Waals surface area contributed by atoms with Gasteiger partial charge in [0, 0.05) is 13.5 Å². The summed E-state index contributed by atoms with van der Waals surface area (Å²) in [7, 11) is 0. The van der Waals surface area contributed by atoms with Crippen LogP contribution in [0.1, 0.15) is 19.8 Å². The van der Waals surface area contributed by atoms with E-state index in [2.05, 4.69) is 5.32 Å². The number of thioether (sulfide) groups is 2. The summed E-state index contributed by atoms with van der Waals surface area (Å²) in [5, 5.41) is 2.84. The van der Waals surface area contributed by atoms with Gasteiger partial charge in [0.2, 0.25) is 5.91 Å². The van der Waals surface area contributed by atoms with Gasteiger partial charge in [-0.05, 0) is 25.4 Å². The van der Waals surface area contributed by atoms with Crippen LogP contribution in [0.25, 0.3) is 0 Å². The molecule has 1 fully saturated rings. The van der Waals surface area contributed by atoms with Crippen molar-refractivity contribution >= 4 is 35.4 Å². The highest BCUT2D eigenvalue weighted by Crippen LogP contribution is 2.32. The lowest BCUT2D eigenvalue weighted by atomic mass is 9.93. The maximum Gasteiger partial charge on any atom is 0.302 e. The first-order valence-corrected chi connectivity index (χ1v) is 8.18. The molecule has 0 aromatic heterocycles. The van der Waals surface area contributed by atoms with Crippen molar-refractivity contribution in [2.45, 2.75) is 30.5 Å². The van der Waals surface area contributed by atoms with Crippen LogP contribution in [0.2, 0.25) is 0 Å². The summed E-state index contributed by atoms with van der Waals surface area (Å²) in [5.41, 5.74) is 0. The fourth-order valence-electron chi connectivity index (χ4n) is 1.99. The van der Waals surface area contributed by atoms with Gasteiger partial charge in [0.1, 0.15) is 6.10 Å². The first kappa shape index (κ1) is 14.7. The van der Waals surface area contributed by atoms with Gasteiger partial charge in [-0.25, -0.2) is 0 Å². The maximum atomic E-state index is 11.8.